The Bertz CT molecular complexity index is 998. The molecule has 1 aliphatic heterocycles. The van der Waals surface area contributed by atoms with Gasteiger partial charge in [-0.2, -0.15) is 0 Å². The molecule has 4 rings (SSSR count). The van der Waals surface area contributed by atoms with E-state index in [4.69, 9.17) is 9.47 Å². The summed E-state index contributed by atoms with van der Waals surface area (Å²) in [4.78, 5) is 25.7. The molecule has 0 aliphatic carbocycles. The fraction of sp³-hybridized carbons (Fsp3) is 0.261. The molecule has 0 spiro atoms. The second-order valence-corrected chi connectivity index (χ2v) is 7.00. The molecular formula is C23H24N4O3. The van der Waals surface area contributed by atoms with Gasteiger partial charge in [-0.15, -0.1) is 0 Å². The van der Waals surface area contributed by atoms with Crippen LogP contribution < -0.4 is 14.4 Å². The van der Waals surface area contributed by atoms with Crippen molar-refractivity contribution in [1.82, 2.24) is 14.9 Å². The lowest BCUT2D eigenvalue weighted by atomic mass is 10.1. The lowest BCUT2D eigenvalue weighted by Crippen LogP contribution is -2.49. The summed E-state index contributed by atoms with van der Waals surface area (Å²) in [5, 5.41) is 0. The third kappa shape index (κ3) is 4.20. The highest BCUT2D eigenvalue weighted by Crippen LogP contribution is 2.24. The Morgan fingerprint density at radius 2 is 1.43 bits per heavy atom. The van der Waals surface area contributed by atoms with Gasteiger partial charge < -0.3 is 19.3 Å². The van der Waals surface area contributed by atoms with Crippen molar-refractivity contribution in [2.45, 2.75) is 0 Å². The number of aromatic nitrogens is 2. The van der Waals surface area contributed by atoms with Crippen molar-refractivity contribution < 1.29 is 14.3 Å². The van der Waals surface area contributed by atoms with E-state index in [0.29, 0.717) is 18.7 Å². The van der Waals surface area contributed by atoms with Gasteiger partial charge in [0.05, 0.1) is 19.9 Å². The van der Waals surface area contributed by atoms with E-state index < -0.39 is 0 Å². The lowest BCUT2D eigenvalue weighted by molar-refractivity contribution is 0.0746. The Kier molecular flexibility index (Phi) is 5.79. The zero-order valence-electron chi connectivity index (χ0n) is 17.1. The van der Waals surface area contributed by atoms with Crippen molar-refractivity contribution in [3.8, 4) is 22.8 Å². The minimum absolute atomic E-state index is 0.0407. The fourth-order valence-corrected chi connectivity index (χ4v) is 3.49. The smallest absolute Gasteiger partial charge is 0.253 e. The van der Waals surface area contributed by atoms with Gasteiger partial charge in [0.15, 0.2) is 0 Å². The van der Waals surface area contributed by atoms with Crippen molar-refractivity contribution in [3.63, 3.8) is 0 Å². The molecule has 3 aromatic rings. The summed E-state index contributed by atoms with van der Waals surface area (Å²) in [5.41, 5.74) is 2.54. The quantitative estimate of drug-likeness (QED) is 0.651. The van der Waals surface area contributed by atoms with Crippen LogP contribution in [0.3, 0.4) is 0 Å². The standard InChI is InChI=1S/C23H24N4O3/c1-29-19-7-3-17(4-8-19)21-15-22(25-16-24-21)26-11-13-27(14-12-26)23(28)18-5-9-20(30-2)10-6-18/h3-10,15-16H,11-14H2,1-2H3. The second-order valence-electron chi connectivity index (χ2n) is 7.00. The van der Waals surface area contributed by atoms with E-state index >= 15 is 0 Å². The molecule has 1 saturated heterocycles. The number of nitrogens with zero attached hydrogens (tertiary/aromatic N) is 4. The molecule has 2 aromatic carbocycles. The van der Waals surface area contributed by atoms with Crippen molar-refractivity contribution >= 4 is 11.7 Å². The van der Waals surface area contributed by atoms with Crippen LogP contribution in [0.4, 0.5) is 5.82 Å². The average Bonchev–Trinajstić information content (AvgIpc) is 2.84. The molecule has 2 heterocycles. The molecule has 0 saturated carbocycles. The van der Waals surface area contributed by atoms with Crippen molar-refractivity contribution in [2.24, 2.45) is 0 Å². The number of anilines is 1. The number of hydrogen-bond acceptors (Lipinski definition) is 6. The van der Waals surface area contributed by atoms with Gasteiger partial charge in [-0.1, -0.05) is 0 Å². The first kappa shape index (κ1) is 19.7. The second kappa shape index (κ2) is 8.82. The summed E-state index contributed by atoms with van der Waals surface area (Å²) >= 11 is 0. The third-order valence-corrected chi connectivity index (χ3v) is 5.27. The zero-order chi connectivity index (χ0) is 20.9. The maximum absolute atomic E-state index is 12.8. The average molecular weight is 404 g/mol. The molecule has 7 heteroatoms. The molecule has 0 bridgehead atoms. The maximum atomic E-state index is 12.8. The largest absolute Gasteiger partial charge is 0.497 e. The summed E-state index contributed by atoms with van der Waals surface area (Å²) in [6, 6.07) is 17.0. The van der Waals surface area contributed by atoms with Crippen LogP contribution in [0, 0.1) is 0 Å². The number of hydrogen-bond donors (Lipinski definition) is 0. The van der Waals surface area contributed by atoms with Crippen molar-refractivity contribution in [1.29, 1.82) is 0 Å². The van der Waals surface area contributed by atoms with E-state index in [1.165, 1.54) is 0 Å². The number of methoxy groups -OCH3 is 2. The Balaban J connectivity index is 1.41. The number of ether oxygens (including phenoxy) is 2. The maximum Gasteiger partial charge on any atom is 0.253 e. The van der Waals surface area contributed by atoms with Crippen LogP contribution in [0.25, 0.3) is 11.3 Å². The number of carbonyl (C=O) groups excluding carboxylic acids is 1. The van der Waals surface area contributed by atoms with Crippen LogP contribution in [0.2, 0.25) is 0 Å². The first-order valence-electron chi connectivity index (χ1n) is 9.82. The molecule has 1 aliphatic rings. The first-order chi connectivity index (χ1) is 14.7. The minimum Gasteiger partial charge on any atom is -0.497 e. The van der Waals surface area contributed by atoms with E-state index in [2.05, 4.69) is 14.9 Å². The molecule has 154 valence electrons. The third-order valence-electron chi connectivity index (χ3n) is 5.27. The van der Waals surface area contributed by atoms with Gasteiger partial charge in [0.25, 0.3) is 5.91 Å². The summed E-state index contributed by atoms with van der Waals surface area (Å²) in [7, 11) is 3.26. The highest BCUT2D eigenvalue weighted by molar-refractivity contribution is 5.94. The summed E-state index contributed by atoms with van der Waals surface area (Å²) in [6.07, 6.45) is 1.59. The van der Waals surface area contributed by atoms with Crippen LogP contribution in [0.15, 0.2) is 60.9 Å². The van der Waals surface area contributed by atoms with Crippen LogP contribution in [0.1, 0.15) is 10.4 Å². The normalized spacial score (nSPS) is 13.8. The summed E-state index contributed by atoms with van der Waals surface area (Å²) < 4.78 is 10.4. The number of rotatable bonds is 5. The van der Waals surface area contributed by atoms with E-state index in [-0.39, 0.29) is 5.91 Å². The van der Waals surface area contributed by atoms with Gasteiger partial charge in [0, 0.05) is 43.4 Å². The van der Waals surface area contributed by atoms with E-state index in [1.807, 2.05) is 47.4 Å². The molecule has 30 heavy (non-hydrogen) atoms. The topological polar surface area (TPSA) is 67.8 Å². The van der Waals surface area contributed by atoms with Crippen molar-refractivity contribution in [2.75, 3.05) is 45.3 Å². The number of piperazine rings is 1. The number of benzene rings is 2. The van der Waals surface area contributed by atoms with Crippen molar-refractivity contribution in [3.05, 3.63) is 66.5 Å². The Labute approximate surface area is 175 Å². The molecule has 1 amide bonds. The summed E-state index contributed by atoms with van der Waals surface area (Å²) in [5.74, 6) is 2.46. The predicted molar refractivity (Wildman–Crippen MR) is 115 cm³/mol. The molecule has 0 atom stereocenters. The van der Waals surface area contributed by atoms with Crippen LogP contribution in [-0.2, 0) is 0 Å². The van der Waals surface area contributed by atoms with Gasteiger partial charge in [0.1, 0.15) is 23.6 Å². The van der Waals surface area contributed by atoms with Gasteiger partial charge in [-0.3, -0.25) is 4.79 Å². The molecular weight excluding hydrogens is 380 g/mol. The number of carbonyl (C=O) groups is 1. The van der Waals surface area contributed by atoms with E-state index in [1.54, 1.807) is 32.7 Å². The zero-order valence-corrected chi connectivity index (χ0v) is 17.1. The van der Waals surface area contributed by atoms with Gasteiger partial charge >= 0.3 is 0 Å². The van der Waals surface area contributed by atoms with Gasteiger partial charge in [0.2, 0.25) is 0 Å². The van der Waals surface area contributed by atoms with Gasteiger partial charge in [-0.05, 0) is 48.5 Å². The molecule has 0 unspecified atom stereocenters. The van der Waals surface area contributed by atoms with Gasteiger partial charge in [-0.25, -0.2) is 9.97 Å². The van der Waals surface area contributed by atoms with Crippen LogP contribution in [0.5, 0.6) is 11.5 Å². The Hall–Kier alpha value is -3.61. The van der Waals surface area contributed by atoms with Crippen LogP contribution in [-0.4, -0.2) is 61.2 Å². The van der Waals surface area contributed by atoms with Crippen LogP contribution >= 0.6 is 0 Å². The molecule has 1 aromatic heterocycles. The molecule has 1 fully saturated rings. The Morgan fingerprint density at radius 3 is 2.03 bits per heavy atom. The molecule has 0 radical (unpaired) electrons. The Morgan fingerprint density at radius 1 is 0.833 bits per heavy atom. The molecule has 0 N–H and O–H groups in total. The summed E-state index contributed by atoms with van der Waals surface area (Å²) in [6.45, 7) is 2.74. The predicted octanol–water partition coefficient (Wildman–Crippen LogP) is 3.12. The number of amides is 1. The highest BCUT2D eigenvalue weighted by Gasteiger charge is 2.23. The SMILES string of the molecule is COc1ccc(C(=O)N2CCN(c3cc(-c4ccc(OC)cc4)ncn3)CC2)cc1. The van der Waals surface area contributed by atoms with E-state index in [0.717, 1.165) is 41.7 Å². The molecule has 7 nitrogen and oxygen atoms in total. The lowest BCUT2D eigenvalue weighted by Gasteiger charge is -2.35. The minimum atomic E-state index is 0.0407. The first-order valence-corrected chi connectivity index (χ1v) is 9.82. The highest BCUT2D eigenvalue weighted by atomic mass is 16.5. The monoisotopic (exact) mass is 404 g/mol. The fourth-order valence-electron chi connectivity index (χ4n) is 3.49. The van der Waals surface area contributed by atoms with E-state index in [9.17, 15) is 4.79 Å².